The molecular weight excluding hydrogens is 281 g/mol. The molecule has 2 N–H and O–H groups in total. The van der Waals surface area contributed by atoms with Gasteiger partial charge in [-0.25, -0.2) is 13.2 Å². The Kier molecular flexibility index (Phi) is 4.16. The molecular formula is C15H13F3N2O. The Morgan fingerprint density at radius 3 is 2.38 bits per heavy atom. The Balaban J connectivity index is 2.28. The SMILES string of the molecule is CNc1ccc(C(=O)Nc2cc(F)cc(F)c2F)cc1C. The number of hydrogen-bond acceptors (Lipinski definition) is 2. The number of hydrogen-bond donors (Lipinski definition) is 2. The third-order valence-corrected chi connectivity index (χ3v) is 3.00. The maximum atomic E-state index is 13.5. The summed E-state index contributed by atoms with van der Waals surface area (Å²) < 4.78 is 39.6. The van der Waals surface area contributed by atoms with E-state index >= 15 is 0 Å². The molecule has 2 aromatic rings. The molecule has 21 heavy (non-hydrogen) atoms. The molecule has 0 saturated carbocycles. The predicted octanol–water partition coefficient (Wildman–Crippen LogP) is 3.71. The summed E-state index contributed by atoms with van der Waals surface area (Å²) in [4.78, 5) is 12.0. The molecule has 1 amide bonds. The quantitative estimate of drug-likeness (QED) is 0.847. The average molecular weight is 294 g/mol. The molecule has 0 aliphatic rings. The van der Waals surface area contributed by atoms with Crippen LogP contribution in [0.5, 0.6) is 0 Å². The van der Waals surface area contributed by atoms with Gasteiger partial charge in [0.05, 0.1) is 5.69 Å². The average Bonchev–Trinajstić information content (AvgIpc) is 2.44. The molecule has 0 bridgehead atoms. The van der Waals surface area contributed by atoms with E-state index in [1.54, 1.807) is 26.1 Å². The van der Waals surface area contributed by atoms with Crippen molar-refractivity contribution in [2.24, 2.45) is 0 Å². The predicted molar refractivity (Wildman–Crippen MR) is 75.0 cm³/mol. The van der Waals surface area contributed by atoms with Gasteiger partial charge in [-0.05, 0) is 30.7 Å². The lowest BCUT2D eigenvalue weighted by Crippen LogP contribution is -2.14. The second-order valence-electron chi connectivity index (χ2n) is 4.48. The first kappa shape index (κ1) is 14.9. The number of halogens is 3. The van der Waals surface area contributed by atoms with Crippen LogP contribution in [-0.4, -0.2) is 13.0 Å². The number of carbonyl (C=O) groups excluding carboxylic acids is 1. The number of benzene rings is 2. The summed E-state index contributed by atoms with van der Waals surface area (Å²) >= 11 is 0. The Labute approximate surface area is 119 Å². The minimum Gasteiger partial charge on any atom is -0.388 e. The number of carbonyl (C=O) groups is 1. The standard InChI is InChI=1S/C15H13F3N2O/c1-8-5-9(3-4-12(8)19-2)15(21)20-13-7-10(16)6-11(17)14(13)18/h3-7,19H,1-2H3,(H,20,21). The van der Waals surface area contributed by atoms with E-state index in [2.05, 4.69) is 10.6 Å². The highest BCUT2D eigenvalue weighted by Gasteiger charge is 2.15. The first-order chi connectivity index (χ1) is 9.92. The molecule has 0 saturated heterocycles. The topological polar surface area (TPSA) is 41.1 Å². The van der Waals surface area contributed by atoms with Gasteiger partial charge < -0.3 is 10.6 Å². The molecule has 3 nitrogen and oxygen atoms in total. The Morgan fingerprint density at radius 1 is 1.05 bits per heavy atom. The van der Waals surface area contributed by atoms with E-state index in [1.807, 2.05) is 0 Å². The van der Waals surface area contributed by atoms with Crippen molar-refractivity contribution < 1.29 is 18.0 Å². The number of rotatable bonds is 3. The number of anilines is 2. The van der Waals surface area contributed by atoms with Crippen molar-refractivity contribution in [3.63, 3.8) is 0 Å². The zero-order valence-electron chi connectivity index (χ0n) is 11.4. The first-order valence-electron chi connectivity index (χ1n) is 6.16. The molecule has 110 valence electrons. The fourth-order valence-corrected chi connectivity index (χ4v) is 1.93. The van der Waals surface area contributed by atoms with Crippen LogP contribution in [0.15, 0.2) is 30.3 Å². The number of nitrogens with one attached hydrogen (secondary N) is 2. The highest BCUT2D eigenvalue weighted by molar-refractivity contribution is 6.04. The summed E-state index contributed by atoms with van der Waals surface area (Å²) in [6.07, 6.45) is 0. The molecule has 0 heterocycles. The van der Waals surface area contributed by atoms with Crippen LogP contribution in [0.2, 0.25) is 0 Å². The molecule has 0 atom stereocenters. The van der Waals surface area contributed by atoms with E-state index in [9.17, 15) is 18.0 Å². The van der Waals surface area contributed by atoms with Gasteiger partial charge in [0.2, 0.25) is 0 Å². The van der Waals surface area contributed by atoms with Gasteiger partial charge in [-0.1, -0.05) is 0 Å². The summed E-state index contributed by atoms with van der Waals surface area (Å²) in [6, 6.07) is 5.95. The number of aryl methyl sites for hydroxylation is 1. The van der Waals surface area contributed by atoms with Gasteiger partial charge in [0.25, 0.3) is 5.91 Å². The first-order valence-corrected chi connectivity index (χ1v) is 6.16. The zero-order valence-corrected chi connectivity index (χ0v) is 11.4. The Bertz CT molecular complexity index is 702. The van der Waals surface area contributed by atoms with Gasteiger partial charge in [-0.3, -0.25) is 4.79 Å². The molecule has 0 fully saturated rings. The van der Waals surface area contributed by atoms with Crippen LogP contribution in [-0.2, 0) is 0 Å². The van der Waals surface area contributed by atoms with Crippen molar-refractivity contribution in [2.75, 3.05) is 17.7 Å². The van der Waals surface area contributed by atoms with E-state index < -0.39 is 29.0 Å². The van der Waals surface area contributed by atoms with Crippen molar-refractivity contribution in [1.82, 2.24) is 0 Å². The Morgan fingerprint density at radius 2 is 1.76 bits per heavy atom. The monoisotopic (exact) mass is 294 g/mol. The van der Waals surface area contributed by atoms with Crippen molar-refractivity contribution in [3.8, 4) is 0 Å². The van der Waals surface area contributed by atoms with Gasteiger partial charge >= 0.3 is 0 Å². The van der Waals surface area contributed by atoms with Gasteiger partial charge in [-0.2, -0.15) is 0 Å². The van der Waals surface area contributed by atoms with Crippen molar-refractivity contribution in [1.29, 1.82) is 0 Å². The second-order valence-corrected chi connectivity index (χ2v) is 4.48. The van der Waals surface area contributed by atoms with E-state index in [4.69, 9.17) is 0 Å². The van der Waals surface area contributed by atoms with E-state index in [1.165, 1.54) is 6.07 Å². The molecule has 0 unspecified atom stereocenters. The molecule has 2 rings (SSSR count). The summed E-state index contributed by atoms with van der Waals surface area (Å²) in [5.41, 5.74) is 1.38. The normalized spacial score (nSPS) is 10.3. The third-order valence-electron chi connectivity index (χ3n) is 3.00. The minimum absolute atomic E-state index is 0.260. The van der Waals surface area contributed by atoms with Crippen molar-refractivity contribution in [3.05, 3.63) is 58.9 Å². The van der Waals surface area contributed by atoms with E-state index in [-0.39, 0.29) is 5.56 Å². The summed E-state index contributed by atoms with van der Waals surface area (Å²) in [5.74, 6) is -4.27. The third kappa shape index (κ3) is 3.16. The molecule has 0 aliphatic heterocycles. The van der Waals surface area contributed by atoms with Gasteiger partial charge in [0.15, 0.2) is 11.6 Å². The Hall–Kier alpha value is -2.50. The van der Waals surface area contributed by atoms with E-state index in [0.717, 1.165) is 17.3 Å². The van der Waals surface area contributed by atoms with Gasteiger partial charge in [-0.15, -0.1) is 0 Å². The van der Waals surface area contributed by atoms with Gasteiger partial charge in [0, 0.05) is 30.4 Å². The molecule has 6 heteroatoms. The fourth-order valence-electron chi connectivity index (χ4n) is 1.93. The lowest BCUT2D eigenvalue weighted by molar-refractivity contribution is 0.102. The largest absolute Gasteiger partial charge is 0.388 e. The van der Waals surface area contributed by atoms with Crippen LogP contribution in [0, 0.1) is 24.4 Å². The molecule has 2 aromatic carbocycles. The van der Waals surface area contributed by atoms with Crippen LogP contribution in [0.4, 0.5) is 24.5 Å². The smallest absolute Gasteiger partial charge is 0.255 e. The van der Waals surface area contributed by atoms with Crippen LogP contribution < -0.4 is 10.6 Å². The molecule has 0 spiro atoms. The molecule has 0 radical (unpaired) electrons. The summed E-state index contributed by atoms with van der Waals surface area (Å²) in [6.45, 7) is 1.80. The fraction of sp³-hybridized carbons (Fsp3) is 0.133. The highest BCUT2D eigenvalue weighted by Crippen LogP contribution is 2.21. The zero-order chi connectivity index (χ0) is 15.6. The molecule has 0 aliphatic carbocycles. The maximum absolute atomic E-state index is 13.5. The van der Waals surface area contributed by atoms with Gasteiger partial charge in [0.1, 0.15) is 5.82 Å². The number of amides is 1. The maximum Gasteiger partial charge on any atom is 0.255 e. The second kappa shape index (κ2) is 5.87. The molecule has 0 aromatic heterocycles. The van der Waals surface area contributed by atoms with Crippen LogP contribution >= 0.6 is 0 Å². The van der Waals surface area contributed by atoms with Crippen LogP contribution in [0.25, 0.3) is 0 Å². The summed E-state index contributed by atoms with van der Waals surface area (Å²) in [5, 5.41) is 5.10. The van der Waals surface area contributed by atoms with Crippen molar-refractivity contribution in [2.45, 2.75) is 6.92 Å². The van der Waals surface area contributed by atoms with E-state index in [0.29, 0.717) is 6.07 Å². The minimum atomic E-state index is -1.35. The summed E-state index contributed by atoms with van der Waals surface area (Å²) in [7, 11) is 1.74. The van der Waals surface area contributed by atoms with Crippen LogP contribution in [0.3, 0.4) is 0 Å². The lowest BCUT2D eigenvalue weighted by atomic mass is 10.1. The highest BCUT2D eigenvalue weighted by atomic mass is 19.2. The lowest BCUT2D eigenvalue weighted by Gasteiger charge is -2.10. The van der Waals surface area contributed by atoms with Crippen LogP contribution in [0.1, 0.15) is 15.9 Å². The van der Waals surface area contributed by atoms with Crippen molar-refractivity contribution >= 4 is 17.3 Å².